The maximum Gasteiger partial charge on any atom is 0.283 e. The molecule has 0 saturated heterocycles. The second-order valence-electron chi connectivity index (χ2n) is 7.52. The van der Waals surface area contributed by atoms with Crippen LogP contribution in [0.3, 0.4) is 0 Å². The third kappa shape index (κ3) is 4.93. The minimum absolute atomic E-state index is 0.00260. The van der Waals surface area contributed by atoms with E-state index in [4.69, 9.17) is 19.6 Å². The predicted molar refractivity (Wildman–Crippen MR) is 131 cm³/mol. The third-order valence-electron chi connectivity index (χ3n) is 4.98. The first kappa shape index (κ1) is 22.6. The molecule has 4 rings (SSSR count). The number of nitrogens with zero attached hydrogens (tertiary/aromatic N) is 3. The summed E-state index contributed by atoms with van der Waals surface area (Å²) >= 11 is 1.27. The molecule has 33 heavy (non-hydrogen) atoms. The first-order valence-corrected chi connectivity index (χ1v) is 11.1. The van der Waals surface area contributed by atoms with Gasteiger partial charge < -0.3 is 14.2 Å². The van der Waals surface area contributed by atoms with Gasteiger partial charge in [-0.3, -0.25) is 10.2 Å². The highest BCUT2D eigenvalue weighted by Gasteiger charge is 2.34. The van der Waals surface area contributed by atoms with E-state index in [-0.39, 0.29) is 11.4 Å². The lowest BCUT2D eigenvalue weighted by Crippen LogP contribution is -2.35. The lowest BCUT2D eigenvalue weighted by Gasteiger charge is -2.20. The Morgan fingerprint density at radius 2 is 1.76 bits per heavy atom. The number of methoxy groups -OCH3 is 1. The maximum atomic E-state index is 12.5. The molecule has 0 saturated carbocycles. The Labute approximate surface area is 196 Å². The molecule has 170 valence electrons. The van der Waals surface area contributed by atoms with Crippen LogP contribution in [0.5, 0.6) is 17.2 Å². The van der Waals surface area contributed by atoms with Crippen LogP contribution in [0.15, 0.2) is 52.1 Å². The van der Waals surface area contributed by atoms with Crippen LogP contribution in [0.25, 0.3) is 6.08 Å². The highest BCUT2D eigenvalue weighted by Crippen LogP contribution is 2.31. The number of rotatable bonds is 7. The van der Waals surface area contributed by atoms with Crippen molar-refractivity contribution in [2.75, 3.05) is 20.3 Å². The van der Waals surface area contributed by atoms with Crippen molar-refractivity contribution in [3.63, 3.8) is 0 Å². The number of fused-ring (bicyclic) bond motifs is 1. The molecule has 0 aromatic heterocycles. The normalized spacial score (nSPS) is 16.5. The minimum Gasteiger partial charge on any atom is -0.493 e. The van der Waals surface area contributed by atoms with Gasteiger partial charge in [0.05, 0.1) is 17.7 Å². The molecule has 0 radical (unpaired) electrons. The van der Waals surface area contributed by atoms with Gasteiger partial charge in [-0.15, -0.1) is 0 Å². The van der Waals surface area contributed by atoms with Gasteiger partial charge in [-0.2, -0.15) is 15.1 Å². The zero-order chi connectivity index (χ0) is 23.5. The summed E-state index contributed by atoms with van der Waals surface area (Å²) in [5.41, 5.74) is 3.12. The number of hydrogen-bond donors (Lipinski definition) is 1. The Morgan fingerprint density at radius 3 is 2.48 bits per heavy atom. The van der Waals surface area contributed by atoms with Gasteiger partial charge in [-0.05, 0) is 67.9 Å². The smallest absolute Gasteiger partial charge is 0.283 e. The van der Waals surface area contributed by atoms with Crippen LogP contribution in [0.2, 0.25) is 0 Å². The second-order valence-corrected chi connectivity index (χ2v) is 8.68. The fourth-order valence-corrected chi connectivity index (χ4v) is 4.15. The summed E-state index contributed by atoms with van der Waals surface area (Å²) in [5, 5.41) is 15.1. The number of thioether (sulfide) groups is 1. The summed E-state index contributed by atoms with van der Waals surface area (Å²) in [6, 6.07) is 11.4. The van der Waals surface area contributed by atoms with E-state index in [1.54, 1.807) is 31.4 Å². The maximum absolute atomic E-state index is 12.5. The van der Waals surface area contributed by atoms with E-state index in [1.807, 2.05) is 32.9 Å². The average molecular weight is 465 g/mol. The van der Waals surface area contributed by atoms with Gasteiger partial charge in [0.2, 0.25) is 5.17 Å². The van der Waals surface area contributed by atoms with E-state index in [9.17, 15) is 4.79 Å². The van der Waals surface area contributed by atoms with Gasteiger partial charge in [-0.1, -0.05) is 23.8 Å². The largest absolute Gasteiger partial charge is 0.493 e. The summed E-state index contributed by atoms with van der Waals surface area (Å²) in [5.74, 6) is 1.44. The van der Waals surface area contributed by atoms with Gasteiger partial charge in [0.1, 0.15) is 19.0 Å². The summed E-state index contributed by atoms with van der Waals surface area (Å²) in [4.78, 5) is 16.5. The molecular weight excluding hydrogens is 440 g/mol. The van der Waals surface area contributed by atoms with E-state index in [2.05, 4.69) is 16.2 Å². The SMILES string of the molecule is COc1cc(C=C2C(=N)N3N=C(C)SC3=NC2=O)ccc1OCCOc1ccc(C)cc1C. The number of hydrogen-bond acceptors (Lipinski definition) is 7. The Bertz CT molecular complexity index is 1220. The van der Waals surface area contributed by atoms with Crippen molar-refractivity contribution in [3.05, 3.63) is 58.7 Å². The second kappa shape index (κ2) is 9.50. The van der Waals surface area contributed by atoms with Gasteiger partial charge in [0.25, 0.3) is 5.91 Å². The van der Waals surface area contributed by atoms with Crippen LogP contribution < -0.4 is 14.2 Å². The molecule has 2 aromatic rings. The van der Waals surface area contributed by atoms with Crippen molar-refractivity contribution in [2.24, 2.45) is 10.1 Å². The first-order chi connectivity index (χ1) is 15.9. The van der Waals surface area contributed by atoms with Crippen molar-refractivity contribution < 1.29 is 19.0 Å². The van der Waals surface area contributed by atoms with Gasteiger partial charge in [0, 0.05) is 0 Å². The van der Waals surface area contributed by atoms with Crippen molar-refractivity contribution in [1.82, 2.24) is 5.01 Å². The molecule has 0 atom stereocenters. The fourth-order valence-electron chi connectivity index (χ4n) is 3.41. The predicted octanol–water partition coefficient (Wildman–Crippen LogP) is 4.41. The standard InChI is InChI=1S/C24H24N4O4S/c1-14-5-7-19(15(2)11-14)31-9-10-32-20-8-6-17(13-21(20)30-4)12-18-22(25)28-24(26-23(18)29)33-16(3)27-28/h5-8,11-13,25H,9-10H2,1-4H3. The van der Waals surface area contributed by atoms with Crippen molar-refractivity contribution in [3.8, 4) is 17.2 Å². The molecule has 2 aromatic carbocycles. The Hall–Kier alpha value is -3.59. The number of aryl methyl sites for hydroxylation is 2. The van der Waals surface area contributed by atoms with Crippen LogP contribution in [-0.4, -0.2) is 47.3 Å². The Balaban J connectivity index is 1.43. The number of nitrogens with one attached hydrogen (secondary N) is 1. The van der Waals surface area contributed by atoms with Crippen molar-refractivity contribution in [2.45, 2.75) is 20.8 Å². The van der Waals surface area contributed by atoms with Gasteiger partial charge >= 0.3 is 0 Å². The highest BCUT2D eigenvalue weighted by atomic mass is 32.2. The van der Waals surface area contributed by atoms with E-state index >= 15 is 0 Å². The monoisotopic (exact) mass is 464 g/mol. The topological polar surface area (TPSA) is 96.6 Å². The third-order valence-corrected chi connectivity index (χ3v) is 5.81. The van der Waals surface area contributed by atoms with Crippen LogP contribution in [0.1, 0.15) is 23.6 Å². The van der Waals surface area contributed by atoms with Gasteiger partial charge in [-0.25, -0.2) is 0 Å². The van der Waals surface area contributed by atoms with Crippen LogP contribution in [0, 0.1) is 19.3 Å². The number of amidine groups is 2. The molecule has 1 amide bonds. The molecule has 2 aliphatic rings. The summed E-state index contributed by atoms with van der Waals surface area (Å²) in [6.45, 7) is 6.60. The quantitative estimate of drug-likeness (QED) is 0.482. The molecule has 2 heterocycles. The molecule has 0 unspecified atom stereocenters. The number of aliphatic imine (C=N–C) groups is 1. The Kier molecular flexibility index (Phi) is 6.50. The number of amides is 1. The lowest BCUT2D eigenvalue weighted by molar-refractivity contribution is -0.114. The van der Waals surface area contributed by atoms with E-state index in [0.717, 1.165) is 16.4 Å². The lowest BCUT2D eigenvalue weighted by atomic mass is 10.1. The highest BCUT2D eigenvalue weighted by molar-refractivity contribution is 8.26. The van der Waals surface area contributed by atoms with Crippen molar-refractivity contribution >= 4 is 39.8 Å². The molecule has 9 heteroatoms. The average Bonchev–Trinajstić information content (AvgIpc) is 3.16. The van der Waals surface area contributed by atoms with E-state index in [1.165, 1.54) is 22.3 Å². The van der Waals surface area contributed by atoms with Gasteiger partial charge in [0.15, 0.2) is 17.3 Å². The van der Waals surface area contributed by atoms with Crippen LogP contribution >= 0.6 is 11.8 Å². The van der Waals surface area contributed by atoms with Crippen molar-refractivity contribution in [1.29, 1.82) is 5.41 Å². The van der Waals surface area contributed by atoms with E-state index < -0.39 is 5.91 Å². The number of ether oxygens (including phenoxy) is 3. The molecule has 0 bridgehead atoms. The molecule has 0 aliphatic carbocycles. The summed E-state index contributed by atoms with van der Waals surface area (Å²) in [6.07, 6.45) is 1.61. The fraction of sp³-hybridized carbons (Fsp3) is 0.250. The molecule has 0 spiro atoms. The molecule has 0 fully saturated rings. The van der Waals surface area contributed by atoms with Crippen LogP contribution in [-0.2, 0) is 4.79 Å². The first-order valence-electron chi connectivity index (χ1n) is 10.3. The zero-order valence-corrected chi connectivity index (χ0v) is 19.7. The molecule has 2 aliphatic heterocycles. The number of benzene rings is 2. The number of carbonyl (C=O) groups is 1. The zero-order valence-electron chi connectivity index (χ0n) is 18.8. The number of hydrazone groups is 1. The summed E-state index contributed by atoms with van der Waals surface area (Å²) in [7, 11) is 1.55. The molecule has 8 nitrogen and oxygen atoms in total. The molecule has 1 N–H and O–H groups in total. The number of carbonyl (C=O) groups excluding carboxylic acids is 1. The van der Waals surface area contributed by atoms with Crippen LogP contribution in [0.4, 0.5) is 0 Å². The molecular formula is C24H24N4O4S. The summed E-state index contributed by atoms with van der Waals surface area (Å²) < 4.78 is 17.1. The van der Waals surface area contributed by atoms with E-state index in [0.29, 0.717) is 35.4 Å². The Morgan fingerprint density at radius 1 is 1.03 bits per heavy atom. The minimum atomic E-state index is -0.466.